The van der Waals surface area contributed by atoms with Gasteiger partial charge in [0.25, 0.3) is 0 Å². The molecule has 0 bridgehead atoms. The summed E-state index contributed by atoms with van der Waals surface area (Å²) in [6.45, 7) is 5.04. The lowest BCUT2D eigenvalue weighted by molar-refractivity contribution is 0.0522. The summed E-state index contributed by atoms with van der Waals surface area (Å²) in [6, 6.07) is 2.01. The predicted octanol–water partition coefficient (Wildman–Crippen LogP) is 2.58. The molecule has 1 saturated heterocycles. The molecule has 1 aliphatic heterocycles. The van der Waals surface area contributed by atoms with Crippen LogP contribution in [-0.2, 0) is 4.74 Å². The van der Waals surface area contributed by atoms with E-state index < -0.39 is 5.97 Å². The summed E-state index contributed by atoms with van der Waals surface area (Å²) in [5, 5.41) is 27.9. The van der Waals surface area contributed by atoms with Crippen LogP contribution in [-0.4, -0.2) is 46.5 Å². The zero-order valence-corrected chi connectivity index (χ0v) is 14.0. The summed E-state index contributed by atoms with van der Waals surface area (Å²) < 4.78 is 4.92. The number of aryl methyl sites for hydroxylation is 1. The summed E-state index contributed by atoms with van der Waals surface area (Å²) in [7, 11) is 0. The number of hydrogen-bond donors (Lipinski definition) is 3. The van der Waals surface area contributed by atoms with Gasteiger partial charge in [0, 0.05) is 18.8 Å². The van der Waals surface area contributed by atoms with Crippen LogP contribution in [0.3, 0.4) is 0 Å². The molecule has 3 N–H and O–H groups in total. The van der Waals surface area contributed by atoms with Crippen molar-refractivity contribution in [2.45, 2.75) is 33.1 Å². The van der Waals surface area contributed by atoms with Crippen LogP contribution < -0.4 is 0 Å². The quantitative estimate of drug-likeness (QED) is 0.340. The first-order chi connectivity index (χ1) is 11.5. The maximum absolute atomic E-state index is 11.9. The highest BCUT2D eigenvalue weighted by Crippen LogP contribution is 2.28. The van der Waals surface area contributed by atoms with Gasteiger partial charge < -0.3 is 19.7 Å². The van der Waals surface area contributed by atoms with E-state index >= 15 is 0 Å². The van der Waals surface area contributed by atoms with Gasteiger partial charge in [0.15, 0.2) is 5.75 Å². The van der Waals surface area contributed by atoms with Crippen LogP contribution in [0.1, 0.15) is 47.9 Å². The lowest BCUT2D eigenvalue weighted by Crippen LogP contribution is -2.35. The Labute approximate surface area is 141 Å². The molecule has 0 amide bonds. The highest BCUT2D eigenvalue weighted by Gasteiger charge is 2.23. The Morgan fingerprint density at radius 1 is 1.46 bits per heavy atom. The SMILES string of the molecule is CCOC(=O)c1c(C)[nH]c(/C=C(/C#N)C(=N)N2CCCCC2)c1O. The fourth-order valence-corrected chi connectivity index (χ4v) is 2.78. The number of H-pyrrole nitrogens is 1. The normalized spacial score (nSPS) is 15.0. The monoisotopic (exact) mass is 330 g/mol. The van der Waals surface area contributed by atoms with Crippen molar-refractivity contribution < 1.29 is 14.6 Å². The first-order valence-electron chi connectivity index (χ1n) is 8.03. The summed E-state index contributed by atoms with van der Waals surface area (Å²) in [5.74, 6) is -0.736. The molecule has 0 spiro atoms. The van der Waals surface area contributed by atoms with E-state index in [1.54, 1.807) is 13.8 Å². The molecule has 128 valence electrons. The third kappa shape index (κ3) is 3.59. The number of esters is 1. The zero-order valence-electron chi connectivity index (χ0n) is 14.0. The maximum atomic E-state index is 11.9. The van der Waals surface area contributed by atoms with E-state index in [-0.39, 0.29) is 35.0 Å². The molecule has 0 saturated carbocycles. The van der Waals surface area contributed by atoms with E-state index in [0.29, 0.717) is 5.69 Å². The summed E-state index contributed by atoms with van der Waals surface area (Å²) in [4.78, 5) is 16.6. The minimum Gasteiger partial charge on any atom is -0.505 e. The molecule has 0 unspecified atom stereocenters. The lowest BCUT2D eigenvalue weighted by atomic mass is 10.1. The molecule has 0 radical (unpaired) electrons. The van der Waals surface area contributed by atoms with E-state index in [9.17, 15) is 15.2 Å². The molecule has 24 heavy (non-hydrogen) atoms. The predicted molar refractivity (Wildman–Crippen MR) is 89.9 cm³/mol. The van der Waals surface area contributed by atoms with Crippen LogP contribution >= 0.6 is 0 Å². The van der Waals surface area contributed by atoms with Crippen molar-refractivity contribution in [3.8, 4) is 11.8 Å². The largest absolute Gasteiger partial charge is 0.505 e. The molecule has 2 heterocycles. The zero-order chi connectivity index (χ0) is 17.7. The average molecular weight is 330 g/mol. The Bertz CT molecular complexity index is 706. The highest BCUT2D eigenvalue weighted by molar-refractivity contribution is 6.04. The molecule has 0 aromatic carbocycles. The van der Waals surface area contributed by atoms with Crippen molar-refractivity contribution in [1.29, 1.82) is 10.7 Å². The van der Waals surface area contributed by atoms with Gasteiger partial charge in [0.2, 0.25) is 0 Å². The van der Waals surface area contributed by atoms with Crippen LogP contribution in [0.15, 0.2) is 5.57 Å². The van der Waals surface area contributed by atoms with E-state index in [4.69, 9.17) is 10.1 Å². The van der Waals surface area contributed by atoms with Crippen molar-refractivity contribution in [1.82, 2.24) is 9.88 Å². The topological polar surface area (TPSA) is 113 Å². The van der Waals surface area contributed by atoms with Crippen molar-refractivity contribution in [2.24, 2.45) is 0 Å². The number of amidine groups is 1. The molecule has 1 fully saturated rings. The smallest absolute Gasteiger partial charge is 0.343 e. The van der Waals surface area contributed by atoms with Crippen molar-refractivity contribution >= 4 is 17.9 Å². The number of nitrogens with one attached hydrogen (secondary N) is 2. The van der Waals surface area contributed by atoms with E-state index in [2.05, 4.69) is 4.98 Å². The molecule has 1 aromatic heterocycles. The summed E-state index contributed by atoms with van der Waals surface area (Å²) in [5.41, 5.74) is 0.890. The molecule has 7 nitrogen and oxygen atoms in total. The van der Waals surface area contributed by atoms with Gasteiger partial charge in [0.1, 0.15) is 17.5 Å². The van der Waals surface area contributed by atoms with Crippen molar-refractivity contribution in [3.05, 3.63) is 22.5 Å². The third-order valence-electron chi connectivity index (χ3n) is 4.01. The van der Waals surface area contributed by atoms with Gasteiger partial charge in [-0.1, -0.05) is 0 Å². The van der Waals surface area contributed by atoms with Gasteiger partial charge in [-0.25, -0.2) is 4.79 Å². The Kier molecular flexibility index (Phi) is 5.64. The minimum atomic E-state index is -0.618. The summed E-state index contributed by atoms with van der Waals surface area (Å²) >= 11 is 0. The minimum absolute atomic E-state index is 0.0601. The number of aromatic hydroxyl groups is 1. The van der Waals surface area contributed by atoms with Gasteiger partial charge in [-0.3, -0.25) is 5.41 Å². The number of aromatic amines is 1. The number of nitriles is 1. The number of carbonyl (C=O) groups is 1. The molecule has 2 rings (SSSR count). The van der Waals surface area contributed by atoms with E-state index in [1.165, 1.54) is 6.08 Å². The molecule has 1 aliphatic rings. The van der Waals surface area contributed by atoms with Gasteiger partial charge >= 0.3 is 5.97 Å². The maximum Gasteiger partial charge on any atom is 0.343 e. The van der Waals surface area contributed by atoms with E-state index in [1.807, 2.05) is 11.0 Å². The van der Waals surface area contributed by atoms with Crippen LogP contribution in [0.2, 0.25) is 0 Å². The van der Waals surface area contributed by atoms with Gasteiger partial charge in [-0.2, -0.15) is 5.26 Å². The number of carbonyl (C=O) groups excluding carboxylic acids is 1. The van der Waals surface area contributed by atoms with Gasteiger partial charge in [-0.05, 0) is 39.2 Å². The fourth-order valence-electron chi connectivity index (χ4n) is 2.78. The van der Waals surface area contributed by atoms with E-state index in [0.717, 1.165) is 32.4 Å². The Hall–Kier alpha value is -2.75. The van der Waals surface area contributed by atoms with Crippen molar-refractivity contribution in [3.63, 3.8) is 0 Å². The molecule has 0 aliphatic carbocycles. The Balaban J connectivity index is 2.31. The number of likely N-dealkylation sites (tertiary alicyclic amines) is 1. The first kappa shape index (κ1) is 17.6. The second kappa shape index (κ2) is 7.68. The third-order valence-corrected chi connectivity index (χ3v) is 4.01. The Morgan fingerprint density at radius 2 is 2.12 bits per heavy atom. The average Bonchev–Trinajstić information content (AvgIpc) is 2.86. The van der Waals surface area contributed by atoms with Crippen LogP contribution in [0.5, 0.6) is 5.75 Å². The number of ether oxygens (including phenoxy) is 1. The molecule has 0 atom stereocenters. The Morgan fingerprint density at radius 3 is 2.71 bits per heavy atom. The van der Waals surface area contributed by atoms with Gasteiger partial charge in [-0.15, -0.1) is 0 Å². The molecular formula is C17H22N4O3. The van der Waals surface area contributed by atoms with Crippen LogP contribution in [0.4, 0.5) is 0 Å². The second-order valence-electron chi connectivity index (χ2n) is 5.67. The first-order valence-corrected chi connectivity index (χ1v) is 8.03. The highest BCUT2D eigenvalue weighted by atomic mass is 16.5. The second-order valence-corrected chi connectivity index (χ2v) is 5.67. The number of rotatable bonds is 4. The van der Waals surface area contributed by atoms with Crippen LogP contribution in [0, 0.1) is 23.7 Å². The number of piperidine rings is 1. The molecule has 1 aromatic rings. The molecule has 7 heteroatoms. The fraction of sp³-hybridized carbons (Fsp3) is 0.471. The van der Waals surface area contributed by atoms with Crippen molar-refractivity contribution in [2.75, 3.05) is 19.7 Å². The van der Waals surface area contributed by atoms with Gasteiger partial charge in [0.05, 0.1) is 17.9 Å². The number of nitrogens with zero attached hydrogens (tertiary/aromatic N) is 2. The lowest BCUT2D eigenvalue weighted by Gasteiger charge is -2.28. The molecular weight excluding hydrogens is 308 g/mol. The number of hydrogen-bond acceptors (Lipinski definition) is 5. The number of aromatic nitrogens is 1. The standard InChI is InChI=1S/C17H22N4O3/c1-3-24-17(23)14-11(2)20-13(15(14)22)9-12(10-18)16(19)21-7-5-4-6-8-21/h9,19-20,22H,3-8H2,1-2H3/b12-9-,19-16?. The van der Waals surface area contributed by atoms with Crippen LogP contribution in [0.25, 0.3) is 6.08 Å². The summed E-state index contributed by atoms with van der Waals surface area (Å²) in [6.07, 6.45) is 4.54.